The van der Waals surface area contributed by atoms with Crippen molar-refractivity contribution in [3.05, 3.63) is 59.7 Å². The lowest BCUT2D eigenvalue weighted by Gasteiger charge is -2.36. The molecular weight excluding hydrogens is 440 g/mol. The van der Waals surface area contributed by atoms with Gasteiger partial charge in [0.1, 0.15) is 12.4 Å². The number of nitrogens with one attached hydrogen (secondary N) is 4. The Morgan fingerprint density at radius 1 is 1.17 bits per heavy atom. The van der Waals surface area contributed by atoms with Gasteiger partial charge < -0.3 is 20.7 Å². The number of amides is 1. The van der Waals surface area contributed by atoms with E-state index in [1.54, 1.807) is 0 Å². The van der Waals surface area contributed by atoms with Crippen LogP contribution < -0.4 is 26.1 Å². The summed E-state index contributed by atoms with van der Waals surface area (Å²) in [6.07, 6.45) is 4.46. The minimum Gasteiger partial charge on any atom is -0.491 e. The molecular formula is C27H36N6O2. The Kier molecular flexibility index (Phi) is 6.37. The van der Waals surface area contributed by atoms with Gasteiger partial charge in [0.15, 0.2) is 0 Å². The molecule has 0 aliphatic carbocycles. The maximum Gasteiger partial charge on any atom is 0.251 e. The minimum atomic E-state index is -0.116. The summed E-state index contributed by atoms with van der Waals surface area (Å²) < 4.78 is 5.71. The van der Waals surface area contributed by atoms with E-state index in [4.69, 9.17) is 4.74 Å². The van der Waals surface area contributed by atoms with Crippen LogP contribution in [0.2, 0.25) is 0 Å². The summed E-state index contributed by atoms with van der Waals surface area (Å²) in [5, 5.41) is 12.8. The zero-order valence-corrected chi connectivity index (χ0v) is 20.4. The van der Waals surface area contributed by atoms with Crippen LogP contribution in [0.25, 0.3) is 0 Å². The van der Waals surface area contributed by atoms with Crippen molar-refractivity contribution in [2.24, 2.45) is 5.92 Å². The van der Waals surface area contributed by atoms with E-state index in [0.717, 1.165) is 43.2 Å². The molecule has 7 atom stereocenters. The molecule has 2 aromatic carbocycles. The SMILES string of the molecule is CCC1CC(C2N3CCN2C(CNc2cccc(C(=O)N[C@H]4COc5ccccc54)c2)N3)CCN1. The van der Waals surface area contributed by atoms with Crippen molar-refractivity contribution in [2.75, 3.05) is 38.1 Å². The van der Waals surface area contributed by atoms with Crippen LogP contribution in [0.4, 0.5) is 5.69 Å². The Labute approximate surface area is 207 Å². The number of hydrogen-bond donors (Lipinski definition) is 4. The number of anilines is 1. The molecule has 6 unspecified atom stereocenters. The highest BCUT2D eigenvalue weighted by Gasteiger charge is 2.48. The van der Waals surface area contributed by atoms with Gasteiger partial charge in [-0.2, -0.15) is 0 Å². The third-order valence-electron chi connectivity index (χ3n) is 8.05. The first-order valence-electron chi connectivity index (χ1n) is 13.1. The van der Waals surface area contributed by atoms with Gasteiger partial charge in [0, 0.05) is 42.5 Å². The van der Waals surface area contributed by atoms with Crippen molar-refractivity contribution in [1.82, 2.24) is 26.0 Å². The smallest absolute Gasteiger partial charge is 0.251 e. The molecule has 1 amide bonds. The fourth-order valence-corrected chi connectivity index (χ4v) is 6.23. The fourth-order valence-electron chi connectivity index (χ4n) is 6.23. The third-order valence-corrected chi connectivity index (χ3v) is 8.05. The molecule has 0 spiro atoms. The Morgan fingerprint density at radius 2 is 2.09 bits per heavy atom. The van der Waals surface area contributed by atoms with E-state index in [1.807, 2.05) is 48.5 Å². The van der Waals surface area contributed by atoms with E-state index in [9.17, 15) is 4.79 Å². The number of carbonyl (C=O) groups excluding carboxylic acids is 1. The van der Waals surface area contributed by atoms with Crippen molar-refractivity contribution in [1.29, 1.82) is 0 Å². The van der Waals surface area contributed by atoms with E-state index in [2.05, 4.69) is 38.2 Å². The molecule has 0 aromatic heterocycles. The molecule has 3 saturated heterocycles. The number of ether oxygens (including phenoxy) is 1. The van der Waals surface area contributed by atoms with Gasteiger partial charge in [-0.05, 0) is 56.0 Å². The van der Waals surface area contributed by atoms with Crippen molar-refractivity contribution in [3.8, 4) is 5.75 Å². The molecule has 4 N–H and O–H groups in total. The molecule has 4 heterocycles. The highest BCUT2D eigenvalue weighted by molar-refractivity contribution is 5.95. The van der Waals surface area contributed by atoms with E-state index in [1.165, 1.54) is 19.3 Å². The van der Waals surface area contributed by atoms with Gasteiger partial charge in [0.05, 0.1) is 18.4 Å². The zero-order valence-electron chi connectivity index (χ0n) is 20.4. The topological polar surface area (TPSA) is 80.9 Å². The third kappa shape index (κ3) is 4.51. The molecule has 2 aromatic rings. The number of carbonyl (C=O) groups is 1. The molecule has 3 fully saturated rings. The number of hydrazine groups is 1. The summed E-state index contributed by atoms with van der Waals surface area (Å²) in [6.45, 7) is 6.87. The molecule has 4 aliphatic heterocycles. The second-order valence-corrected chi connectivity index (χ2v) is 10.2. The first kappa shape index (κ1) is 22.8. The van der Waals surface area contributed by atoms with Crippen LogP contribution >= 0.6 is 0 Å². The van der Waals surface area contributed by atoms with E-state index >= 15 is 0 Å². The van der Waals surface area contributed by atoms with Crippen LogP contribution in [0.5, 0.6) is 5.75 Å². The maximum atomic E-state index is 13.0. The van der Waals surface area contributed by atoms with Gasteiger partial charge in [0.2, 0.25) is 0 Å². The largest absolute Gasteiger partial charge is 0.491 e. The van der Waals surface area contributed by atoms with Crippen LogP contribution in [-0.4, -0.2) is 67.0 Å². The normalized spacial score (nSPS) is 33.2. The van der Waals surface area contributed by atoms with Crippen LogP contribution in [0.15, 0.2) is 48.5 Å². The van der Waals surface area contributed by atoms with Gasteiger partial charge in [0.25, 0.3) is 5.91 Å². The summed E-state index contributed by atoms with van der Waals surface area (Å²) in [7, 11) is 0. The molecule has 35 heavy (non-hydrogen) atoms. The quantitative estimate of drug-likeness (QED) is 0.489. The molecule has 0 radical (unpaired) electrons. The first-order valence-corrected chi connectivity index (χ1v) is 13.1. The van der Waals surface area contributed by atoms with Gasteiger partial charge >= 0.3 is 0 Å². The lowest BCUT2D eigenvalue weighted by Crippen LogP contribution is -2.49. The van der Waals surface area contributed by atoms with Crippen molar-refractivity contribution in [3.63, 3.8) is 0 Å². The molecule has 4 aliphatic rings. The lowest BCUT2D eigenvalue weighted by molar-refractivity contribution is 0.0930. The monoisotopic (exact) mass is 476 g/mol. The predicted molar refractivity (Wildman–Crippen MR) is 136 cm³/mol. The Balaban J connectivity index is 1.06. The first-order chi connectivity index (χ1) is 17.2. The van der Waals surface area contributed by atoms with Crippen molar-refractivity contribution < 1.29 is 9.53 Å². The van der Waals surface area contributed by atoms with Crippen molar-refractivity contribution in [2.45, 2.75) is 50.6 Å². The van der Waals surface area contributed by atoms with Crippen molar-refractivity contribution >= 4 is 11.6 Å². The summed E-state index contributed by atoms with van der Waals surface area (Å²) in [5.74, 6) is 1.48. The summed E-state index contributed by atoms with van der Waals surface area (Å²) >= 11 is 0. The highest BCUT2D eigenvalue weighted by Crippen LogP contribution is 2.34. The number of para-hydroxylation sites is 1. The molecule has 8 heteroatoms. The van der Waals surface area contributed by atoms with E-state index in [0.29, 0.717) is 30.3 Å². The number of piperidine rings is 1. The second-order valence-electron chi connectivity index (χ2n) is 10.2. The Bertz CT molecular complexity index is 1060. The average Bonchev–Trinajstić information content (AvgIpc) is 3.61. The number of hydrogen-bond acceptors (Lipinski definition) is 7. The van der Waals surface area contributed by atoms with Gasteiger partial charge in [-0.15, -0.1) is 0 Å². The summed E-state index contributed by atoms with van der Waals surface area (Å²) in [4.78, 5) is 15.6. The van der Waals surface area contributed by atoms with Crippen LogP contribution in [-0.2, 0) is 0 Å². The fraction of sp³-hybridized carbons (Fsp3) is 0.519. The average molecular weight is 477 g/mol. The summed E-state index contributed by atoms with van der Waals surface area (Å²) in [6, 6.07) is 16.2. The molecule has 0 saturated carbocycles. The van der Waals surface area contributed by atoms with Gasteiger partial charge in [-0.25, -0.2) is 10.4 Å². The standard InChI is InChI=1S/C27H36N6O2/c1-2-20-15-19(10-11-28-20)27-32-12-13-33(27)31-25(32)16-29-21-7-5-6-18(14-21)26(34)30-23-17-35-24-9-4-3-8-22(23)24/h3-9,14,19-20,23,25,27-29,31H,2,10-13,15-17H2,1H3,(H,30,34)/t19?,20?,23-,25?,27?/m0/s1. The van der Waals surface area contributed by atoms with Gasteiger partial charge in [-0.1, -0.05) is 31.2 Å². The zero-order chi connectivity index (χ0) is 23.8. The lowest BCUT2D eigenvalue weighted by atomic mass is 9.88. The molecule has 186 valence electrons. The highest BCUT2D eigenvalue weighted by atomic mass is 16.5. The molecule has 8 nitrogen and oxygen atoms in total. The van der Waals surface area contributed by atoms with Crippen LogP contribution in [0.3, 0.4) is 0 Å². The number of rotatable bonds is 7. The number of nitrogens with zero attached hydrogens (tertiary/aromatic N) is 2. The minimum absolute atomic E-state index is 0.0803. The molecule has 6 rings (SSSR count). The van der Waals surface area contributed by atoms with Crippen LogP contribution in [0.1, 0.15) is 48.1 Å². The Hall–Kier alpha value is -2.65. The predicted octanol–water partition coefficient (Wildman–Crippen LogP) is 2.53. The van der Waals surface area contributed by atoms with Gasteiger partial charge in [-0.3, -0.25) is 9.69 Å². The maximum absolute atomic E-state index is 13.0. The van der Waals surface area contributed by atoms with Crippen LogP contribution in [0, 0.1) is 5.92 Å². The second kappa shape index (κ2) is 9.78. The van der Waals surface area contributed by atoms with E-state index < -0.39 is 0 Å². The molecule has 2 bridgehead atoms. The number of fused-ring (bicyclic) bond motifs is 3. The van der Waals surface area contributed by atoms with E-state index in [-0.39, 0.29) is 18.1 Å². The number of benzene rings is 2. The Morgan fingerprint density at radius 3 is 3.00 bits per heavy atom. The summed E-state index contributed by atoms with van der Waals surface area (Å²) in [5.41, 5.74) is 6.38.